The Hall–Kier alpha value is -3.74. The molecule has 37 heavy (non-hydrogen) atoms. The van der Waals surface area contributed by atoms with E-state index in [0.29, 0.717) is 37.3 Å². The molecule has 6 rings (SSSR count). The maximum Gasteiger partial charge on any atom is 0.433 e. The second-order valence-electron chi connectivity index (χ2n) is 9.26. The van der Waals surface area contributed by atoms with Crippen molar-refractivity contribution in [2.24, 2.45) is 0 Å². The van der Waals surface area contributed by atoms with Crippen LogP contribution in [0.1, 0.15) is 24.1 Å². The Morgan fingerprint density at radius 2 is 1.95 bits per heavy atom. The van der Waals surface area contributed by atoms with Crippen LogP contribution < -0.4 is 20.1 Å². The Balaban J connectivity index is 1.23. The number of benzene rings is 1. The van der Waals surface area contributed by atoms with Crippen molar-refractivity contribution in [2.45, 2.75) is 43.8 Å². The Morgan fingerprint density at radius 1 is 1.16 bits per heavy atom. The highest BCUT2D eigenvalue weighted by Gasteiger charge is 2.55. The highest BCUT2D eigenvalue weighted by Crippen LogP contribution is 2.48. The van der Waals surface area contributed by atoms with Crippen LogP contribution in [0.5, 0.6) is 17.2 Å². The summed E-state index contributed by atoms with van der Waals surface area (Å²) in [5.41, 5.74) is -1.78. The molecule has 1 aromatic carbocycles. The second kappa shape index (κ2) is 8.40. The van der Waals surface area contributed by atoms with Crippen LogP contribution in [0.2, 0.25) is 0 Å². The van der Waals surface area contributed by atoms with Crippen LogP contribution in [0, 0.1) is 11.6 Å². The zero-order valence-corrected chi connectivity index (χ0v) is 19.1. The molecule has 3 aliphatic heterocycles. The highest BCUT2D eigenvalue weighted by atomic mass is 19.4. The van der Waals surface area contributed by atoms with E-state index in [1.54, 1.807) is 0 Å². The number of ether oxygens (including phenoxy) is 3. The molecule has 8 nitrogen and oxygen atoms in total. The zero-order valence-electron chi connectivity index (χ0n) is 19.1. The maximum atomic E-state index is 14.7. The molecule has 3 aliphatic rings. The van der Waals surface area contributed by atoms with E-state index in [2.05, 4.69) is 14.9 Å². The van der Waals surface area contributed by atoms with E-state index in [0.717, 1.165) is 37.2 Å². The first-order chi connectivity index (χ1) is 17.6. The molecule has 13 heteroatoms. The molecule has 3 aromatic rings. The number of fused-ring (bicyclic) bond motifs is 3. The third-order valence-electron chi connectivity index (χ3n) is 6.90. The summed E-state index contributed by atoms with van der Waals surface area (Å²) in [6, 6.07) is 3.53. The van der Waals surface area contributed by atoms with E-state index in [-0.39, 0.29) is 23.8 Å². The van der Waals surface area contributed by atoms with E-state index in [9.17, 15) is 26.7 Å². The number of hydrogen-bond donors (Lipinski definition) is 0. The number of aromatic nitrogens is 3. The Bertz CT molecular complexity index is 1420. The molecule has 2 fully saturated rings. The molecule has 0 radical (unpaired) electrons. The largest absolute Gasteiger partial charge is 0.483 e. The standard InChI is InChI=1S/C24H19F5N4O4/c25-16-5-13(6-17(26)20(16)37-14-1-3-30-19(7-14)24(27,28)29)11-35-18-9-31-22(34)32-4-2-23-8-15(36-12-23)10-33(23)21(18)32/h1,3,5-7,9,15H,2,4,8,10-12H2. The minimum atomic E-state index is -4.74. The molecule has 0 amide bonds. The van der Waals surface area contributed by atoms with Gasteiger partial charge in [-0.3, -0.25) is 9.55 Å². The smallest absolute Gasteiger partial charge is 0.433 e. The lowest BCUT2D eigenvalue weighted by molar-refractivity contribution is -0.141. The van der Waals surface area contributed by atoms with Crippen molar-refractivity contribution in [1.29, 1.82) is 0 Å². The Morgan fingerprint density at radius 3 is 2.68 bits per heavy atom. The van der Waals surface area contributed by atoms with Gasteiger partial charge in [0.05, 0.1) is 24.4 Å². The number of nitrogens with zero attached hydrogens (tertiary/aromatic N) is 4. The lowest BCUT2D eigenvalue weighted by Crippen LogP contribution is -2.54. The van der Waals surface area contributed by atoms with Gasteiger partial charge in [0, 0.05) is 31.8 Å². The van der Waals surface area contributed by atoms with Gasteiger partial charge in [-0.25, -0.2) is 13.6 Å². The average molecular weight is 522 g/mol. The van der Waals surface area contributed by atoms with Crippen molar-refractivity contribution in [3.05, 3.63) is 70.0 Å². The van der Waals surface area contributed by atoms with Gasteiger partial charge in [0.25, 0.3) is 0 Å². The number of hydrogen-bond acceptors (Lipinski definition) is 7. The highest BCUT2D eigenvalue weighted by molar-refractivity contribution is 5.58. The number of pyridine rings is 1. The minimum absolute atomic E-state index is 0.0611. The third-order valence-corrected chi connectivity index (χ3v) is 6.90. The number of rotatable bonds is 5. The monoisotopic (exact) mass is 522 g/mol. The molecule has 1 spiro atoms. The molecule has 2 saturated heterocycles. The Labute approximate surface area is 206 Å². The first kappa shape index (κ1) is 23.6. The predicted molar refractivity (Wildman–Crippen MR) is 118 cm³/mol. The maximum absolute atomic E-state index is 14.7. The van der Waals surface area contributed by atoms with Gasteiger partial charge < -0.3 is 19.1 Å². The molecule has 194 valence electrons. The van der Waals surface area contributed by atoms with Gasteiger partial charge in [0.15, 0.2) is 29.0 Å². The fourth-order valence-corrected chi connectivity index (χ4v) is 5.21. The molecule has 0 saturated carbocycles. The van der Waals surface area contributed by atoms with E-state index >= 15 is 0 Å². The van der Waals surface area contributed by atoms with Gasteiger partial charge >= 0.3 is 11.9 Å². The van der Waals surface area contributed by atoms with Gasteiger partial charge in [0.2, 0.25) is 0 Å². The molecule has 0 aliphatic carbocycles. The first-order valence-electron chi connectivity index (χ1n) is 11.4. The molecule has 5 heterocycles. The topological polar surface area (TPSA) is 78.7 Å². The van der Waals surface area contributed by atoms with Crippen LogP contribution in [-0.4, -0.2) is 39.3 Å². The normalized spacial score (nSPS) is 22.1. The number of halogens is 5. The Kier molecular flexibility index (Phi) is 5.37. The molecule has 2 aromatic heterocycles. The van der Waals surface area contributed by atoms with Gasteiger partial charge in [-0.1, -0.05) is 0 Å². The van der Waals surface area contributed by atoms with Crippen LogP contribution >= 0.6 is 0 Å². The van der Waals surface area contributed by atoms with Crippen LogP contribution in [0.4, 0.5) is 27.8 Å². The van der Waals surface area contributed by atoms with Crippen LogP contribution in [0.3, 0.4) is 0 Å². The third kappa shape index (κ3) is 4.06. The molecule has 0 N–H and O–H groups in total. The quantitative estimate of drug-likeness (QED) is 0.468. The lowest BCUT2D eigenvalue weighted by Gasteiger charge is -2.44. The SMILES string of the molecule is O=c1ncc(OCc2cc(F)c(Oc3ccnc(C(F)(F)F)c3)c(F)c2)c2n1CCC13COC(CN21)C3. The summed E-state index contributed by atoms with van der Waals surface area (Å²) in [6.07, 6.45) is -0.963. The van der Waals surface area contributed by atoms with E-state index < -0.39 is 40.7 Å². The lowest BCUT2D eigenvalue weighted by atomic mass is 9.92. The van der Waals surface area contributed by atoms with E-state index in [1.807, 2.05) is 0 Å². The minimum Gasteiger partial charge on any atom is -0.483 e. The molecule has 2 unspecified atom stereocenters. The van der Waals surface area contributed by atoms with Gasteiger partial charge in [-0.15, -0.1) is 0 Å². The molecular formula is C24H19F5N4O4. The fourth-order valence-electron chi connectivity index (χ4n) is 5.21. The van der Waals surface area contributed by atoms with E-state index in [1.165, 1.54) is 10.8 Å². The van der Waals surface area contributed by atoms with Crippen molar-refractivity contribution >= 4 is 5.82 Å². The summed E-state index contributed by atoms with van der Waals surface area (Å²) >= 11 is 0. The number of morpholine rings is 1. The first-order valence-corrected chi connectivity index (χ1v) is 11.4. The molecule has 2 bridgehead atoms. The van der Waals surface area contributed by atoms with Crippen LogP contribution in [0.15, 0.2) is 41.5 Å². The summed E-state index contributed by atoms with van der Waals surface area (Å²) in [4.78, 5) is 21.6. The van der Waals surface area contributed by atoms with Crippen molar-refractivity contribution in [2.75, 3.05) is 18.1 Å². The summed E-state index contributed by atoms with van der Waals surface area (Å²) in [7, 11) is 0. The van der Waals surface area contributed by atoms with Crippen LogP contribution in [-0.2, 0) is 24.1 Å². The van der Waals surface area contributed by atoms with E-state index in [4.69, 9.17) is 14.2 Å². The summed E-state index contributed by atoms with van der Waals surface area (Å²) in [5, 5.41) is 0. The van der Waals surface area contributed by atoms with Gasteiger partial charge in [-0.05, 0) is 30.2 Å². The predicted octanol–water partition coefficient (Wildman–Crippen LogP) is 4.06. The van der Waals surface area contributed by atoms with Crippen molar-refractivity contribution in [1.82, 2.24) is 14.5 Å². The summed E-state index contributed by atoms with van der Waals surface area (Å²) in [6.45, 7) is 1.34. The van der Waals surface area contributed by atoms with Crippen LogP contribution in [0.25, 0.3) is 0 Å². The fraction of sp³-hybridized carbons (Fsp3) is 0.375. The van der Waals surface area contributed by atoms with Gasteiger partial charge in [0.1, 0.15) is 18.1 Å². The van der Waals surface area contributed by atoms with Gasteiger partial charge in [-0.2, -0.15) is 18.2 Å². The summed E-state index contributed by atoms with van der Waals surface area (Å²) < 4.78 is 86.3. The van der Waals surface area contributed by atoms with Crippen molar-refractivity contribution in [3.8, 4) is 17.2 Å². The summed E-state index contributed by atoms with van der Waals surface area (Å²) in [5.74, 6) is -2.67. The molecule has 2 atom stereocenters. The number of anilines is 1. The van der Waals surface area contributed by atoms with Crippen molar-refractivity contribution in [3.63, 3.8) is 0 Å². The zero-order chi connectivity index (χ0) is 25.9. The number of alkyl halides is 3. The average Bonchev–Trinajstić information content (AvgIpc) is 3.44. The molecular weight excluding hydrogens is 503 g/mol. The second-order valence-corrected chi connectivity index (χ2v) is 9.26. The van der Waals surface area contributed by atoms with Crippen molar-refractivity contribution < 1.29 is 36.2 Å².